The SMILES string of the molecule is CCNc1ncnc(NC2CCCCC2CC)c1C. The molecule has 4 nitrogen and oxygen atoms in total. The lowest BCUT2D eigenvalue weighted by Gasteiger charge is -2.32. The Morgan fingerprint density at radius 1 is 1.16 bits per heavy atom. The first-order valence-corrected chi connectivity index (χ1v) is 7.58. The molecule has 0 saturated heterocycles. The fourth-order valence-electron chi connectivity index (χ4n) is 3.00. The summed E-state index contributed by atoms with van der Waals surface area (Å²) in [5.41, 5.74) is 1.13. The Morgan fingerprint density at radius 2 is 1.89 bits per heavy atom. The van der Waals surface area contributed by atoms with E-state index >= 15 is 0 Å². The first kappa shape index (κ1) is 14.1. The van der Waals surface area contributed by atoms with Crippen LogP contribution in [0.2, 0.25) is 0 Å². The molecule has 0 aliphatic heterocycles. The van der Waals surface area contributed by atoms with Crippen molar-refractivity contribution >= 4 is 11.6 Å². The standard InChI is InChI=1S/C15H26N4/c1-4-12-8-6-7-9-13(12)19-15-11(3)14(16-5-2)17-10-18-15/h10,12-13H,4-9H2,1-3H3,(H2,16,17,18,19). The van der Waals surface area contributed by atoms with E-state index in [4.69, 9.17) is 0 Å². The average molecular weight is 262 g/mol. The fourth-order valence-corrected chi connectivity index (χ4v) is 3.00. The van der Waals surface area contributed by atoms with Gasteiger partial charge in [-0.2, -0.15) is 0 Å². The van der Waals surface area contributed by atoms with Gasteiger partial charge in [0.05, 0.1) is 0 Å². The van der Waals surface area contributed by atoms with Gasteiger partial charge in [-0.05, 0) is 32.6 Å². The van der Waals surface area contributed by atoms with Crippen LogP contribution in [0, 0.1) is 12.8 Å². The van der Waals surface area contributed by atoms with E-state index in [-0.39, 0.29) is 0 Å². The number of nitrogens with zero attached hydrogens (tertiary/aromatic N) is 2. The summed E-state index contributed by atoms with van der Waals surface area (Å²) in [6, 6.07) is 0.571. The van der Waals surface area contributed by atoms with Gasteiger partial charge < -0.3 is 10.6 Å². The summed E-state index contributed by atoms with van der Waals surface area (Å²) < 4.78 is 0. The van der Waals surface area contributed by atoms with Crippen molar-refractivity contribution in [2.75, 3.05) is 17.2 Å². The summed E-state index contributed by atoms with van der Waals surface area (Å²) in [5.74, 6) is 2.73. The first-order valence-electron chi connectivity index (χ1n) is 7.58. The molecule has 1 saturated carbocycles. The van der Waals surface area contributed by atoms with Crippen LogP contribution in [-0.4, -0.2) is 22.6 Å². The molecule has 1 aromatic heterocycles. The molecule has 0 radical (unpaired) electrons. The lowest BCUT2D eigenvalue weighted by Crippen LogP contribution is -2.32. The molecule has 2 atom stereocenters. The third-order valence-corrected chi connectivity index (χ3v) is 4.18. The highest BCUT2D eigenvalue weighted by molar-refractivity contribution is 5.56. The molecule has 1 aromatic rings. The summed E-state index contributed by atoms with van der Waals surface area (Å²) >= 11 is 0. The van der Waals surface area contributed by atoms with E-state index in [9.17, 15) is 0 Å². The molecule has 2 unspecified atom stereocenters. The Kier molecular flexibility index (Phi) is 5.00. The van der Waals surface area contributed by atoms with Gasteiger partial charge in [0.25, 0.3) is 0 Å². The van der Waals surface area contributed by atoms with Crippen molar-refractivity contribution in [3.05, 3.63) is 11.9 Å². The van der Waals surface area contributed by atoms with Gasteiger partial charge in [0.15, 0.2) is 0 Å². The molecule has 0 aromatic carbocycles. The maximum absolute atomic E-state index is 4.42. The molecule has 2 rings (SSSR count). The Balaban J connectivity index is 2.11. The van der Waals surface area contributed by atoms with Crippen molar-refractivity contribution in [2.24, 2.45) is 5.92 Å². The van der Waals surface area contributed by atoms with Crippen LogP contribution in [0.5, 0.6) is 0 Å². The van der Waals surface area contributed by atoms with Gasteiger partial charge in [-0.15, -0.1) is 0 Å². The van der Waals surface area contributed by atoms with Crippen molar-refractivity contribution in [3.63, 3.8) is 0 Å². The third-order valence-electron chi connectivity index (χ3n) is 4.18. The molecule has 4 heteroatoms. The maximum Gasteiger partial charge on any atom is 0.134 e. The second kappa shape index (κ2) is 6.73. The summed E-state index contributed by atoms with van der Waals surface area (Å²) in [4.78, 5) is 8.72. The summed E-state index contributed by atoms with van der Waals surface area (Å²) in [6.07, 6.45) is 8.22. The molecular weight excluding hydrogens is 236 g/mol. The van der Waals surface area contributed by atoms with Gasteiger partial charge in [0.2, 0.25) is 0 Å². The topological polar surface area (TPSA) is 49.8 Å². The highest BCUT2D eigenvalue weighted by Gasteiger charge is 2.24. The van der Waals surface area contributed by atoms with Gasteiger partial charge in [0, 0.05) is 18.2 Å². The normalized spacial score (nSPS) is 23.1. The predicted octanol–water partition coefficient (Wildman–Crippen LogP) is 3.60. The van der Waals surface area contributed by atoms with Crippen molar-refractivity contribution in [1.82, 2.24) is 9.97 Å². The van der Waals surface area contributed by atoms with E-state index < -0.39 is 0 Å². The molecule has 1 fully saturated rings. The highest BCUT2D eigenvalue weighted by Crippen LogP contribution is 2.30. The minimum absolute atomic E-state index is 0.571. The quantitative estimate of drug-likeness (QED) is 0.851. The Bertz CT molecular complexity index is 405. The molecule has 0 amide bonds. The van der Waals surface area contributed by atoms with Crippen LogP contribution >= 0.6 is 0 Å². The van der Waals surface area contributed by atoms with Crippen molar-refractivity contribution in [3.8, 4) is 0 Å². The van der Waals surface area contributed by atoms with Crippen LogP contribution in [0.1, 0.15) is 51.5 Å². The molecule has 0 spiro atoms. The monoisotopic (exact) mass is 262 g/mol. The zero-order valence-electron chi connectivity index (χ0n) is 12.4. The lowest BCUT2D eigenvalue weighted by molar-refractivity contribution is 0.316. The predicted molar refractivity (Wildman–Crippen MR) is 80.6 cm³/mol. The number of hydrogen-bond donors (Lipinski definition) is 2. The Hall–Kier alpha value is -1.32. The molecular formula is C15H26N4. The van der Waals surface area contributed by atoms with E-state index in [1.807, 2.05) is 0 Å². The maximum atomic E-state index is 4.42. The minimum Gasteiger partial charge on any atom is -0.370 e. The van der Waals surface area contributed by atoms with Gasteiger partial charge >= 0.3 is 0 Å². The van der Waals surface area contributed by atoms with Gasteiger partial charge in [0.1, 0.15) is 18.0 Å². The molecule has 2 N–H and O–H groups in total. The number of anilines is 2. The van der Waals surface area contributed by atoms with Gasteiger partial charge in [-0.25, -0.2) is 9.97 Å². The van der Waals surface area contributed by atoms with Crippen LogP contribution in [-0.2, 0) is 0 Å². The smallest absolute Gasteiger partial charge is 0.134 e. The number of rotatable bonds is 5. The number of aromatic nitrogens is 2. The van der Waals surface area contributed by atoms with Crippen LogP contribution in [0.25, 0.3) is 0 Å². The molecule has 1 aliphatic carbocycles. The van der Waals surface area contributed by atoms with E-state index in [0.717, 1.165) is 29.7 Å². The largest absolute Gasteiger partial charge is 0.370 e. The average Bonchev–Trinajstić information content (AvgIpc) is 2.44. The van der Waals surface area contributed by atoms with Gasteiger partial charge in [-0.1, -0.05) is 26.2 Å². The van der Waals surface area contributed by atoms with Crippen LogP contribution in [0.15, 0.2) is 6.33 Å². The molecule has 1 heterocycles. The van der Waals surface area contributed by atoms with E-state index in [1.54, 1.807) is 6.33 Å². The van der Waals surface area contributed by atoms with Crippen LogP contribution in [0.4, 0.5) is 11.6 Å². The minimum atomic E-state index is 0.571. The van der Waals surface area contributed by atoms with Crippen molar-refractivity contribution in [2.45, 2.75) is 58.9 Å². The second-order valence-electron chi connectivity index (χ2n) is 5.43. The first-order chi connectivity index (χ1) is 9.26. The van der Waals surface area contributed by atoms with Crippen LogP contribution in [0.3, 0.4) is 0 Å². The second-order valence-corrected chi connectivity index (χ2v) is 5.43. The summed E-state index contributed by atoms with van der Waals surface area (Å²) in [6.45, 7) is 7.35. The summed E-state index contributed by atoms with van der Waals surface area (Å²) in [5, 5.41) is 6.95. The zero-order valence-corrected chi connectivity index (χ0v) is 12.4. The molecule has 19 heavy (non-hydrogen) atoms. The fraction of sp³-hybridized carbons (Fsp3) is 0.733. The van der Waals surface area contributed by atoms with E-state index in [2.05, 4.69) is 41.4 Å². The van der Waals surface area contributed by atoms with Gasteiger partial charge in [-0.3, -0.25) is 0 Å². The molecule has 0 bridgehead atoms. The Morgan fingerprint density at radius 3 is 2.63 bits per heavy atom. The number of nitrogens with one attached hydrogen (secondary N) is 2. The highest BCUT2D eigenvalue weighted by atomic mass is 15.1. The lowest BCUT2D eigenvalue weighted by atomic mass is 9.83. The van der Waals surface area contributed by atoms with Crippen LogP contribution < -0.4 is 10.6 Å². The summed E-state index contributed by atoms with van der Waals surface area (Å²) in [7, 11) is 0. The Labute approximate surface area is 116 Å². The third kappa shape index (κ3) is 3.37. The molecule has 1 aliphatic rings. The zero-order chi connectivity index (χ0) is 13.7. The molecule has 106 valence electrons. The van der Waals surface area contributed by atoms with Crippen molar-refractivity contribution in [1.29, 1.82) is 0 Å². The van der Waals surface area contributed by atoms with E-state index in [0.29, 0.717) is 6.04 Å². The van der Waals surface area contributed by atoms with Crippen molar-refractivity contribution < 1.29 is 0 Å². The van der Waals surface area contributed by atoms with E-state index in [1.165, 1.54) is 32.1 Å². The number of hydrogen-bond acceptors (Lipinski definition) is 4.